The van der Waals surface area contributed by atoms with E-state index in [9.17, 15) is 8.78 Å². The Hall–Kier alpha value is -1.52. The first-order valence-corrected chi connectivity index (χ1v) is 5.27. The summed E-state index contributed by atoms with van der Waals surface area (Å²) in [5.74, 6) is 0.372. The lowest BCUT2D eigenvalue weighted by atomic mass is 10.1. The summed E-state index contributed by atoms with van der Waals surface area (Å²) in [4.78, 5) is 4.41. The number of fused-ring (bicyclic) bond motifs is 1. The van der Waals surface area contributed by atoms with Crippen molar-refractivity contribution in [2.24, 2.45) is 7.05 Å². The van der Waals surface area contributed by atoms with Gasteiger partial charge in [-0.1, -0.05) is 0 Å². The summed E-state index contributed by atoms with van der Waals surface area (Å²) in [6, 6.07) is 1.53. The van der Waals surface area contributed by atoms with E-state index in [4.69, 9.17) is 0 Å². The average Bonchev–Trinajstić information content (AvgIpc) is 3.03. The van der Waals surface area contributed by atoms with Crippen molar-refractivity contribution in [2.75, 3.05) is 0 Å². The van der Waals surface area contributed by atoms with Gasteiger partial charge >= 0.3 is 0 Å². The monoisotopic (exact) mass is 223 g/mol. The fourth-order valence-electron chi connectivity index (χ4n) is 1.93. The van der Waals surface area contributed by atoms with Gasteiger partial charge in [0.15, 0.2) is 5.65 Å². The molecule has 0 bridgehead atoms. The Kier molecular flexibility index (Phi) is 1.96. The molecule has 84 valence electrons. The number of aryl methyl sites for hydroxylation is 1. The predicted molar refractivity (Wildman–Crippen MR) is 55.4 cm³/mol. The molecule has 3 nitrogen and oxygen atoms in total. The first-order valence-electron chi connectivity index (χ1n) is 5.27. The van der Waals surface area contributed by atoms with E-state index in [2.05, 4.69) is 10.1 Å². The van der Waals surface area contributed by atoms with E-state index >= 15 is 0 Å². The summed E-state index contributed by atoms with van der Waals surface area (Å²) >= 11 is 0. The maximum atomic E-state index is 12.9. The minimum absolute atomic E-state index is 0.0556. The Labute approximate surface area is 91.1 Å². The zero-order chi connectivity index (χ0) is 11.3. The van der Waals surface area contributed by atoms with Crippen LogP contribution in [0.15, 0.2) is 12.3 Å². The highest BCUT2D eigenvalue weighted by Gasteiger charge is 2.27. The number of alkyl halides is 2. The van der Waals surface area contributed by atoms with Crippen molar-refractivity contribution < 1.29 is 8.78 Å². The van der Waals surface area contributed by atoms with Crippen molar-refractivity contribution in [2.45, 2.75) is 25.2 Å². The van der Waals surface area contributed by atoms with E-state index in [0.29, 0.717) is 17.0 Å². The normalized spacial score (nSPS) is 16.2. The Morgan fingerprint density at radius 1 is 1.44 bits per heavy atom. The number of halogens is 2. The molecule has 0 atom stereocenters. The van der Waals surface area contributed by atoms with E-state index in [1.807, 2.05) is 0 Å². The predicted octanol–water partition coefficient (Wildman–Crippen LogP) is 2.78. The second-order valence-electron chi connectivity index (χ2n) is 4.22. The summed E-state index contributed by atoms with van der Waals surface area (Å²) in [6.07, 6.45) is 1.10. The van der Waals surface area contributed by atoms with Crippen LogP contribution in [0.25, 0.3) is 11.0 Å². The summed E-state index contributed by atoms with van der Waals surface area (Å²) in [5, 5.41) is 4.44. The number of hydrogen-bond acceptors (Lipinski definition) is 2. The van der Waals surface area contributed by atoms with Gasteiger partial charge in [-0.05, 0) is 18.9 Å². The van der Waals surface area contributed by atoms with E-state index in [1.54, 1.807) is 11.7 Å². The summed E-state index contributed by atoms with van der Waals surface area (Å²) in [5.41, 5.74) is 1.39. The molecule has 0 saturated heterocycles. The standard InChI is InChI=1S/C11H11F2N3/c1-16-11-8(5-14-16)7(10(12)13)4-9(15-11)6-2-3-6/h4-6,10H,2-3H2,1H3. The SMILES string of the molecule is Cn1ncc2c(C(F)F)cc(C3CC3)nc21. The van der Waals surface area contributed by atoms with Crippen LogP contribution in [0.2, 0.25) is 0 Å². The Balaban J connectivity index is 2.27. The van der Waals surface area contributed by atoms with Gasteiger partial charge in [0.2, 0.25) is 0 Å². The van der Waals surface area contributed by atoms with E-state index in [0.717, 1.165) is 18.5 Å². The smallest absolute Gasteiger partial charge is 0.250 e. The second kappa shape index (κ2) is 3.23. The molecule has 2 aromatic rings. The topological polar surface area (TPSA) is 30.7 Å². The highest BCUT2D eigenvalue weighted by molar-refractivity contribution is 5.79. The van der Waals surface area contributed by atoms with Crippen LogP contribution in [-0.4, -0.2) is 14.8 Å². The molecule has 0 amide bonds. The molecule has 5 heteroatoms. The number of pyridine rings is 1. The minimum Gasteiger partial charge on any atom is -0.250 e. The zero-order valence-corrected chi connectivity index (χ0v) is 8.82. The quantitative estimate of drug-likeness (QED) is 0.783. The van der Waals surface area contributed by atoms with Crippen LogP contribution in [0, 0.1) is 0 Å². The lowest BCUT2D eigenvalue weighted by Crippen LogP contribution is -1.97. The second-order valence-corrected chi connectivity index (χ2v) is 4.22. The van der Waals surface area contributed by atoms with Crippen molar-refractivity contribution in [1.29, 1.82) is 0 Å². The van der Waals surface area contributed by atoms with Gasteiger partial charge in [0.1, 0.15) is 0 Å². The van der Waals surface area contributed by atoms with Gasteiger partial charge in [-0.3, -0.25) is 4.68 Å². The van der Waals surface area contributed by atoms with Crippen molar-refractivity contribution in [1.82, 2.24) is 14.8 Å². The zero-order valence-electron chi connectivity index (χ0n) is 8.82. The summed E-state index contributed by atoms with van der Waals surface area (Å²) in [6.45, 7) is 0. The fourth-order valence-corrected chi connectivity index (χ4v) is 1.93. The molecule has 0 spiro atoms. The highest BCUT2D eigenvalue weighted by atomic mass is 19.3. The van der Waals surface area contributed by atoms with Gasteiger partial charge in [0.25, 0.3) is 6.43 Å². The van der Waals surface area contributed by atoms with Gasteiger partial charge in [-0.2, -0.15) is 5.10 Å². The van der Waals surface area contributed by atoms with Gasteiger partial charge in [0.05, 0.1) is 6.20 Å². The Morgan fingerprint density at radius 3 is 2.81 bits per heavy atom. The van der Waals surface area contributed by atoms with Crippen molar-refractivity contribution in [3.63, 3.8) is 0 Å². The minimum atomic E-state index is -2.47. The van der Waals surface area contributed by atoms with Crippen molar-refractivity contribution >= 4 is 11.0 Å². The molecule has 1 fully saturated rings. The average molecular weight is 223 g/mol. The number of rotatable bonds is 2. The van der Waals surface area contributed by atoms with Gasteiger partial charge in [0, 0.05) is 29.6 Å². The molecule has 1 saturated carbocycles. The largest absolute Gasteiger partial charge is 0.264 e. The molecule has 1 aliphatic rings. The summed E-state index contributed by atoms with van der Waals surface area (Å²) < 4.78 is 27.4. The molecule has 2 aromatic heterocycles. The van der Waals surface area contributed by atoms with Gasteiger partial charge in [-0.25, -0.2) is 13.8 Å². The molecule has 0 aromatic carbocycles. The summed E-state index contributed by atoms with van der Waals surface area (Å²) in [7, 11) is 1.72. The van der Waals surface area contributed by atoms with Gasteiger partial charge in [-0.15, -0.1) is 0 Å². The third-order valence-corrected chi connectivity index (χ3v) is 2.99. The van der Waals surface area contributed by atoms with Crippen LogP contribution in [0.4, 0.5) is 8.78 Å². The lowest BCUT2D eigenvalue weighted by molar-refractivity contribution is 0.153. The molecule has 1 aliphatic carbocycles. The molecule has 2 heterocycles. The maximum Gasteiger partial charge on any atom is 0.264 e. The fraction of sp³-hybridized carbons (Fsp3) is 0.455. The number of nitrogens with zero attached hydrogens (tertiary/aromatic N) is 3. The molecule has 0 unspecified atom stereocenters. The molecular weight excluding hydrogens is 212 g/mol. The third-order valence-electron chi connectivity index (χ3n) is 2.99. The molecule has 0 N–H and O–H groups in total. The van der Waals surface area contributed by atoms with E-state index < -0.39 is 6.43 Å². The van der Waals surface area contributed by atoms with Crippen LogP contribution < -0.4 is 0 Å². The van der Waals surface area contributed by atoms with Crippen molar-refractivity contribution in [3.8, 4) is 0 Å². The maximum absolute atomic E-state index is 12.9. The van der Waals surface area contributed by atoms with Gasteiger partial charge < -0.3 is 0 Å². The van der Waals surface area contributed by atoms with Crippen LogP contribution in [0.3, 0.4) is 0 Å². The van der Waals surface area contributed by atoms with E-state index in [-0.39, 0.29) is 5.56 Å². The molecule has 16 heavy (non-hydrogen) atoms. The van der Waals surface area contributed by atoms with Crippen LogP contribution >= 0.6 is 0 Å². The first-order chi connectivity index (χ1) is 7.66. The van der Waals surface area contributed by atoms with E-state index in [1.165, 1.54) is 12.3 Å². The highest BCUT2D eigenvalue weighted by Crippen LogP contribution is 2.41. The lowest BCUT2D eigenvalue weighted by Gasteiger charge is -2.05. The number of hydrogen-bond donors (Lipinski definition) is 0. The molecule has 0 aliphatic heterocycles. The molecular formula is C11H11F2N3. The first kappa shape index (κ1) is 9.69. The Morgan fingerprint density at radius 2 is 2.19 bits per heavy atom. The molecule has 3 rings (SSSR count). The third kappa shape index (κ3) is 1.38. The molecule has 0 radical (unpaired) electrons. The number of aromatic nitrogens is 3. The van der Waals surface area contributed by atoms with Crippen LogP contribution in [0.1, 0.15) is 36.4 Å². The Bertz CT molecular complexity index is 543. The van der Waals surface area contributed by atoms with Crippen molar-refractivity contribution in [3.05, 3.63) is 23.5 Å². The van der Waals surface area contributed by atoms with Crippen LogP contribution in [-0.2, 0) is 7.05 Å². The van der Waals surface area contributed by atoms with Crippen LogP contribution in [0.5, 0.6) is 0 Å².